The zero-order valence-electron chi connectivity index (χ0n) is 25.5. The fourth-order valence-electron chi connectivity index (χ4n) is 5.32. The summed E-state index contributed by atoms with van der Waals surface area (Å²) in [4.78, 5) is 19.2. The normalized spacial score (nSPS) is 17.8. The fourth-order valence-corrected chi connectivity index (χ4v) is 6.97. The summed E-state index contributed by atoms with van der Waals surface area (Å²) in [5.41, 5.74) is -1.98. The molecule has 1 heterocycles. The van der Waals surface area contributed by atoms with Crippen LogP contribution in [-0.4, -0.2) is 49.8 Å². The lowest BCUT2D eigenvalue weighted by atomic mass is 9.85. The molecule has 0 bridgehead atoms. The summed E-state index contributed by atoms with van der Waals surface area (Å²) in [7, 11) is -3.92. The number of amides is 1. The number of nitrogens with zero attached hydrogens (tertiary/aromatic N) is 1. The van der Waals surface area contributed by atoms with E-state index in [-0.39, 0.29) is 29.4 Å². The first-order valence-electron chi connectivity index (χ1n) is 15.0. The van der Waals surface area contributed by atoms with Gasteiger partial charge in [-0.1, -0.05) is 64.5 Å². The first kappa shape index (κ1) is 35.1. The summed E-state index contributed by atoms with van der Waals surface area (Å²) in [6, 6.07) is 26.2. The van der Waals surface area contributed by atoms with Gasteiger partial charge in [-0.3, -0.25) is 4.79 Å². The third-order valence-electron chi connectivity index (χ3n) is 7.82. The summed E-state index contributed by atoms with van der Waals surface area (Å²) in [6.45, 7) is -0.207. The molecule has 0 radical (unpaired) electrons. The van der Waals surface area contributed by atoms with E-state index in [2.05, 4.69) is 21.2 Å². The van der Waals surface area contributed by atoms with Gasteiger partial charge in [0, 0.05) is 36.0 Å². The summed E-state index contributed by atoms with van der Waals surface area (Å²) >= 11 is 3.40. The molecule has 1 aliphatic heterocycles. The van der Waals surface area contributed by atoms with E-state index in [0.29, 0.717) is 29.9 Å². The number of hydrogen-bond donors (Lipinski definition) is 2. The lowest BCUT2D eigenvalue weighted by Crippen LogP contribution is -2.49. The summed E-state index contributed by atoms with van der Waals surface area (Å²) in [5.74, 6) is -0.729. The highest BCUT2D eigenvalue weighted by molar-refractivity contribution is 9.10. The highest BCUT2D eigenvalue weighted by Crippen LogP contribution is 2.43. The minimum atomic E-state index is -4.65. The molecule has 48 heavy (non-hydrogen) atoms. The number of aliphatic imine (C=N–C) groups is 1. The molecule has 4 aromatic rings. The lowest BCUT2D eigenvalue weighted by Gasteiger charge is -2.31. The van der Waals surface area contributed by atoms with Gasteiger partial charge >= 0.3 is 6.18 Å². The molecule has 1 amide bonds. The number of aliphatic hydroxyl groups excluding tert-OH is 1. The van der Waals surface area contributed by atoms with Gasteiger partial charge in [-0.2, -0.15) is 13.2 Å². The van der Waals surface area contributed by atoms with Crippen LogP contribution < -0.4 is 10.1 Å². The number of hydrogen-bond acceptors (Lipinski definition) is 7. The van der Waals surface area contributed by atoms with E-state index in [4.69, 9.17) is 19.6 Å². The number of ether oxygens (including phenoxy) is 2. The van der Waals surface area contributed by atoms with Gasteiger partial charge in [0.15, 0.2) is 21.5 Å². The van der Waals surface area contributed by atoms with Gasteiger partial charge in [-0.15, -0.1) is 0 Å². The van der Waals surface area contributed by atoms with Crippen LogP contribution in [0.1, 0.15) is 41.2 Å². The molecule has 8 nitrogen and oxygen atoms in total. The molecule has 1 aliphatic rings. The first-order valence-corrected chi connectivity index (χ1v) is 17.4. The molecule has 0 fully saturated rings. The summed E-state index contributed by atoms with van der Waals surface area (Å²) in [6.07, 6.45) is -5.68. The largest absolute Gasteiger partial charge is 0.494 e. The van der Waals surface area contributed by atoms with Crippen molar-refractivity contribution in [3.63, 3.8) is 0 Å². The predicted octanol–water partition coefficient (Wildman–Crippen LogP) is 6.67. The molecule has 252 valence electrons. The monoisotopic (exact) mass is 744 g/mol. The maximum atomic E-state index is 14.4. The average Bonchev–Trinajstić information content (AvgIpc) is 3.48. The molecular weight excluding hydrogens is 713 g/mol. The van der Waals surface area contributed by atoms with Crippen molar-refractivity contribution >= 4 is 37.6 Å². The topological polar surface area (TPSA) is 114 Å². The minimum Gasteiger partial charge on any atom is -0.494 e. The fraction of sp³-hybridized carbons (Fsp3) is 0.257. The zero-order valence-corrected chi connectivity index (χ0v) is 27.9. The Morgan fingerprint density at radius 3 is 2.29 bits per heavy atom. The van der Waals surface area contributed by atoms with Crippen LogP contribution in [0.2, 0.25) is 0 Å². The van der Waals surface area contributed by atoms with Crippen molar-refractivity contribution in [3.8, 4) is 5.75 Å². The number of rotatable bonds is 13. The third-order valence-corrected chi connectivity index (χ3v) is 10.1. The van der Waals surface area contributed by atoms with Gasteiger partial charge in [-0.05, 0) is 65.7 Å². The summed E-state index contributed by atoms with van der Waals surface area (Å²) < 4.78 is 81.1. The number of halogens is 4. The highest BCUT2D eigenvalue weighted by Gasteiger charge is 2.53. The van der Waals surface area contributed by atoms with Crippen molar-refractivity contribution < 1.29 is 41.0 Å². The number of benzene rings is 4. The van der Waals surface area contributed by atoms with Gasteiger partial charge in [0.05, 0.1) is 22.8 Å². The second-order valence-corrected chi connectivity index (χ2v) is 14.1. The van der Waals surface area contributed by atoms with Crippen LogP contribution in [0.4, 0.5) is 13.2 Å². The van der Waals surface area contributed by atoms with Crippen molar-refractivity contribution in [1.82, 2.24) is 5.32 Å². The van der Waals surface area contributed by atoms with Crippen molar-refractivity contribution in [3.05, 3.63) is 130 Å². The van der Waals surface area contributed by atoms with E-state index in [0.717, 1.165) is 10.5 Å². The maximum Gasteiger partial charge on any atom is 0.416 e. The smallest absolute Gasteiger partial charge is 0.416 e. The molecule has 0 saturated carbocycles. The van der Waals surface area contributed by atoms with Gasteiger partial charge in [0.2, 0.25) is 5.90 Å². The maximum absolute atomic E-state index is 14.4. The van der Waals surface area contributed by atoms with Crippen LogP contribution in [0, 0.1) is 0 Å². The van der Waals surface area contributed by atoms with Crippen molar-refractivity contribution in [2.45, 2.75) is 42.1 Å². The van der Waals surface area contributed by atoms with E-state index < -0.39 is 51.4 Å². The number of alkyl halides is 3. The van der Waals surface area contributed by atoms with Crippen molar-refractivity contribution in [1.29, 1.82) is 0 Å². The first-order chi connectivity index (χ1) is 22.9. The molecule has 0 aliphatic carbocycles. The molecule has 5 rings (SSSR count). The molecule has 0 aromatic heterocycles. The van der Waals surface area contributed by atoms with Gasteiger partial charge in [-0.25, -0.2) is 13.4 Å². The van der Waals surface area contributed by atoms with E-state index in [9.17, 15) is 26.4 Å². The Bertz CT molecular complexity index is 1850. The van der Waals surface area contributed by atoms with E-state index in [1.54, 1.807) is 66.7 Å². The standard InChI is InChI=1S/C35H32BrF3N2O6S/c36-27-15-11-24(12-16-27)31-34(19-22-48(44,45)29-8-2-1-3-9-29,33(43)40-23-26-7-4-5-10-30(26)35(37,38)39)41-32(47-31)25-13-17-28(18-14-25)46-21-6-20-42/h1-5,7-18,31,42H,6,19-23H2,(H,40,43)/t31-,34-/m1/s1. The molecule has 4 aromatic carbocycles. The van der Waals surface area contributed by atoms with Gasteiger partial charge in [0.1, 0.15) is 5.75 Å². The Labute approximate surface area is 284 Å². The Morgan fingerprint density at radius 1 is 0.958 bits per heavy atom. The van der Waals surface area contributed by atoms with Crippen LogP contribution in [0.25, 0.3) is 0 Å². The van der Waals surface area contributed by atoms with Crippen LogP contribution in [0.15, 0.2) is 117 Å². The third kappa shape index (κ3) is 8.08. The molecule has 2 atom stereocenters. The van der Waals surface area contributed by atoms with E-state index in [1.807, 2.05) is 0 Å². The predicted molar refractivity (Wildman–Crippen MR) is 177 cm³/mol. The lowest BCUT2D eigenvalue weighted by molar-refractivity contribution is -0.138. The van der Waals surface area contributed by atoms with Crippen LogP contribution in [0.5, 0.6) is 5.75 Å². The van der Waals surface area contributed by atoms with Crippen LogP contribution in [0.3, 0.4) is 0 Å². The number of sulfone groups is 1. The number of carbonyl (C=O) groups is 1. The number of nitrogens with one attached hydrogen (secondary N) is 1. The number of carbonyl (C=O) groups excluding carboxylic acids is 1. The molecule has 0 unspecified atom stereocenters. The van der Waals surface area contributed by atoms with Crippen LogP contribution >= 0.6 is 15.9 Å². The van der Waals surface area contributed by atoms with Crippen molar-refractivity contribution in [2.75, 3.05) is 19.0 Å². The Kier molecular flexibility index (Phi) is 10.9. The molecule has 2 N–H and O–H groups in total. The zero-order chi connectivity index (χ0) is 34.4. The van der Waals surface area contributed by atoms with Crippen molar-refractivity contribution in [2.24, 2.45) is 4.99 Å². The Morgan fingerprint density at radius 2 is 1.62 bits per heavy atom. The SMILES string of the molecule is O=C(NCc1ccccc1C(F)(F)F)[C@]1(CCS(=O)(=O)c2ccccc2)N=C(c2ccc(OCCCO)cc2)O[C@@H]1c1ccc(Br)cc1. The Balaban J connectivity index is 1.56. The Hall–Kier alpha value is -4.20. The summed E-state index contributed by atoms with van der Waals surface area (Å²) in [5, 5.41) is 11.7. The number of aliphatic hydroxyl groups is 1. The van der Waals surface area contributed by atoms with Gasteiger partial charge < -0.3 is 19.9 Å². The second-order valence-electron chi connectivity index (χ2n) is 11.1. The molecular formula is C35H32BrF3N2O6S. The van der Waals surface area contributed by atoms with Gasteiger partial charge in [0.25, 0.3) is 5.91 Å². The molecule has 13 heteroatoms. The quantitative estimate of drug-likeness (QED) is 0.148. The van der Waals surface area contributed by atoms with E-state index in [1.165, 1.54) is 30.3 Å². The molecule has 0 saturated heterocycles. The molecule has 0 spiro atoms. The second kappa shape index (κ2) is 14.9. The minimum absolute atomic E-state index is 0.0217. The highest BCUT2D eigenvalue weighted by atomic mass is 79.9. The van der Waals surface area contributed by atoms with Crippen LogP contribution in [-0.2, 0) is 32.1 Å². The van der Waals surface area contributed by atoms with E-state index >= 15 is 0 Å². The average molecular weight is 746 g/mol.